The maximum atomic E-state index is 13.0. The monoisotopic (exact) mass is 371 g/mol. The molecule has 124 valence electrons. The van der Waals surface area contributed by atoms with Crippen LogP contribution >= 0.6 is 22.9 Å². The Hall–Kier alpha value is -2.51. The van der Waals surface area contributed by atoms with Crippen LogP contribution in [-0.4, -0.2) is 21.2 Å². The van der Waals surface area contributed by atoms with Gasteiger partial charge in [-0.2, -0.15) is 0 Å². The lowest BCUT2D eigenvalue weighted by Gasteiger charge is -2.15. The summed E-state index contributed by atoms with van der Waals surface area (Å²) in [7, 11) is 0. The Kier molecular flexibility index (Phi) is 2.96. The zero-order chi connectivity index (χ0) is 17.3. The fourth-order valence-corrected chi connectivity index (χ4v) is 4.74. The minimum absolute atomic E-state index is 0.0946. The maximum Gasteiger partial charge on any atom is 0.284 e. The van der Waals surface area contributed by atoms with Gasteiger partial charge >= 0.3 is 0 Å². The van der Waals surface area contributed by atoms with Gasteiger partial charge in [-0.25, -0.2) is 14.3 Å². The Morgan fingerprint density at radius 3 is 2.68 bits per heavy atom. The van der Waals surface area contributed by atoms with Gasteiger partial charge in [0, 0.05) is 5.56 Å². The third-order valence-electron chi connectivity index (χ3n) is 4.60. The molecule has 8 heteroatoms. The van der Waals surface area contributed by atoms with Crippen LogP contribution in [0.15, 0.2) is 29.1 Å². The number of aryl methyl sites for hydroxylation is 1. The molecular weight excluding hydrogens is 362 g/mol. The van der Waals surface area contributed by atoms with Crippen LogP contribution in [0.5, 0.6) is 0 Å². The summed E-state index contributed by atoms with van der Waals surface area (Å²) in [6, 6.07) is 6.64. The molecule has 0 N–H and O–H groups in total. The number of amides is 2. The van der Waals surface area contributed by atoms with Crippen LogP contribution in [0, 0.1) is 0 Å². The van der Waals surface area contributed by atoms with Gasteiger partial charge in [0.1, 0.15) is 10.6 Å². The van der Waals surface area contributed by atoms with Crippen molar-refractivity contribution in [2.45, 2.75) is 19.3 Å². The van der Waals surface area contributed by atoms with E-state index in [1.165, 1.54) is 4.40 Å². The molecule has 1 aromatic carbocycles. The lowest BCUT2D eigenvalue weighted by atomic mass is 10.2. The zero-order valence-corrected chi connectivity index (χ0v) is 14.4. The zero-order valence-electron chi connectivity index (χ0n) is 12.8. The Morgan fingerprint density at radius 1 is 1.08 bits per heavy atom. The van der Waals surface area contributed by atoms with Gasteiger partial charge in [0.05, 0.1) is 16.4 Å². The first-order valence-corrected chi connectivity index (χ1v) is 8.98. The van der Waals surface area contributed by atoms with Crippen LogP contribution in [0.25, 0.3) is 4.96 Å². The minimum Gasteiger partial charge on any atom is -0.269 e. The summed E-state index contributed by atoms with van der Waals surface area (Å²) in [4.78, 5) is 44.7. The Morgan fingerprint density at radius 2 is 1.88 bits per heavy atom. The molecule has 0 unspecified atom stereocenters. The third-order valence-corrected chi connectivity index (χ3v) is 5.95. The van der Waals surface area contributed by atoms with Crippen molar-refractivity contribution in [2.75, 3.05) is 4.90 Å². The number of hydrogen-bond acceptors (Lipinski definition) is 5. The Labute approximate surface area is 150 Å². The van der Waals surface area contributed by atoms with E-state index in [9.17, 15) is 14.4 Å². The van der Waals surface area contributed by atoms with E-state index in [-0.39, 0.29) is 16.1 Å². The van der Waals surface area contributed by atoms with E-state index in [1.807, 2.05) is 0 Å². The molecule has 0 saturated carbocycles. The molecule has 0 radical (unpaired) electrons. The highest BCUT2D eigenvalue weighted by Crippen LogP contribution is 2.36. The van der Waals surface area contributed by atoms with Crippen molar-refractivity contribution in [2.24, 2.45) is 0 Å². The van der Waals surface area contributed by atoms with Crippen molar-refractivity contribution >= 4 is 45.4 Å². The number of carbonyl (C=O) groups is 2. The molecule has 2 aromatic heterocycles. The number of imide groups is 1. The van der Waals surface area contributed by atoms with Crippen molar-refractivity contribution in [3.05, 3.63) is 61.5 Å². The molecule has 0 fully saturated rings. The van der Waals surface area contributed by atoms with Crippen molar-refractivity contribution in [3.8, 4) is 0 Å². The Balaban J connectivity index is 1.77. The predicted octanol–water partition coefficient (Wildman–Crippen LogP) is 2.70. The number of nitrogens with zero attached hydrogens (tertiary/aromatic N) is 3. The normalized spacial score (nSPS) is 16.0. The second-order valence-corrected chi connectivity index (χ2v) is 7.38. The molecule has 0 bridgehead atoms. The second kappa shape index (κ2) is 5.00. The lowest BCUT2D eigenvalue weighted by molar-refractivity contribution is 0.0925. The molecule has 3 heterocycles. The first kappa shape index (κ1) is 14.8. The first-order chi connectivity index (χ1) is 12.1. The quantitative estimate of drug-likeness (QED) is 0.616. The van der Waals surface area contributed by atoms with Crippen LogP contribution in [0.4, 0.5) is 5.69 Å². The maximum absolute atomic E-state index is 13.0. The van der Waals surface area contributed by atoms with Crippen LogP contribution in [0.3, 0.4) is 0 Å². The van der Waals surface area contributed by atoms with E-state index in [4.69, 9.17) is 11.6 Å². The highest BCUT2D eigenvalue weighted by atomic mass is 35.5. The van der Waals surface area contributed by atoms with Gasteiger partial charge in [-0.05, 0) is 31.4 Å². The van der Waals surface area contributed by atoms with Crippen LogP contribution in [0.2, 0.25) is 5.02 Å². The van der Waals surface area contributed by atoms with Crippen molar-refractivity contribution < 1.29 is 9.59 Å². The van der Waals surface area contributed by atoms with Crippen molar-refractivity contribution in [3.63, 3.8) is 0 Å². The van der Waals surface area contributed by atoms with Gasteiger partial charge < -0.3 is 0 Å². The molecule has 2 amide bonds. The molecule has 0 saturated heterocycles. The topological polar surface area (TPSA) is 71.7 Å². The number of benzene rings is 1. The smallest absolute Gasteiger partial charge is 0.269 e. The van der Waals surface area contributed by atoms with Gasteiger partial charge in [0.15, 0.2) is 4.96 Å². The van der Waals surface area contributed by atoms with E-state index in [2.05, 4.69) is 4.98 Å². The predicted molar refractivity (Wildman–Crippen MR) is 94.0 cm³/mol. The van der Waals surface area contributed by atoms with Gasteiger partial charge in [-0.1, -0.05) is 35.1 Å². The summed E-state index contributed by atoms with van der Waals surface area (Å²) < 4.78 is 1.29. The highest BCUT2D eigenvalue weighted by molar-refractivity contribution is 7.19. The van der Waals surface area contributed by atoms with Gasteiger partial charge in [0.25, 0.3) is 17.4 Å². The number of fused-ring (bicyclic) bond motifs is 4. The molecule has 6 nitrogen and oxygen atoms in total. The van der Waals surface area contributed by atoms with E-state index in [0.717, 1.165) is 34.8 Å². The number of aromatic nitrogens is 2. The number of anilines is 1. The average Bonchev–Trinajstić information content (AvgIpc) is 3.26. The molecule has 3 aromatic rings. The highest BCUT2D eigenvalue weighted by Gasteiger charge is 2.42. The van der Waals surface area contributed by atoms with E-state index >= 15 is 0 Å². The first-order valence-electron chi connectivity index (χ1n) is 7.78. The number of rotatable bonds is 1. The van der Waals surface area contributed by atoms with Gasteiger partial charge in [0.2, 0.25) is 0 Å². The fourth-order valence-electron chi connectivity index (χ4n) is 3.46. The third kappa shape index (κ3) is 1.85. The number of carbonyl (C=O) groups excluding carboxylic acids is 2. The van der Waals surface area contributed by atoms with Crippen molar-refractivity contribution in [1.82, 2.24) is 9.38 Å². The Bertz CT molecular complexity index is 1160. The van der Waals surface area contributed by atoms with Gasteiger partial charge in [-0.15, -0.1) is 0 Å². The SMILES string of the molecule is O=C1c2sc3nc4c(c(=O)n3c2C(=O)N1c1ccccc1Cl)CCC4. The van der Waals surface area contributed by atoms with E-state index in [0.29, 0.717) is 27.7 Å². The van der Waals surface area contributed by atoms with Crippen LogP contribution in [-0.2, 0) is 12.8 Å². The number of hydrogen-bond donors (Lipinski definition) is 0. The van der Waals surface area contributed by atoms with Gasteiger partial charge in [-0.3, -0.25) is 14.4 Å². The molecular formula is C17H10ClN3O3S. The molecule has 0 atom stereocenters. The lowest BCUT2D eigenvalue weighted by Crippen LogP contribution is -2.31. The largest absolute Gasteiger partial charge is 0.284 e. The van der Waals surface area contributed by atoms with E-state index in [1.54, 1.807) is 24.3 Å². The number of para-hydroxylation sites is 1. The van der Waals surface area contributed by atoms with Crippen LogP contribution < -0.4 is 10.5 Å². The average molecular weight is 372 g/mol. The standard InChI is InChI=1S/C17H10ClN3O3S/c18-9-5-1-2-7-11(9)20-15(23)12-13(16(20)24)25-17-19-10-6-3-4-8(10)14(22)21(12)17/h1-2,5,7H,3-4,6H2. The number of thiazole rings is 1. The molecule has 5 rings (SSSR count). The summed E-state index contributed by atoms with van der Waals surface area (Å²) >= 11 is 7.23. The second-order valence-electron chi connectivity index (χ2n) is 5.99. The molecule has 1 aliphatic carbocycles. The van der Waals surface area contributed by atoms with Crippen molar-refractivity contribution in [1.29, 1.82) is 0 Å². The van der Waals surface area contributed by atoms with Crippen LogP contribution in [0.1, 0.15) is 37.8 Å². The summed E-state index contributed by atoms with van der Waals surface area (Å²) in [5.74, 6) is -1.01. The summed E-state index contributed by atoms with van der Waals surface area (Å²) in [6.07, 6.45) is 2.30. The summed E-state index contributed by atoms with van der Waals surface area (Å²) in [6.45, 7) is 0. The molecule has 0 spiro atoms. The molecule has 1 aliphatic heterocycles. The summed E-state index contributed by atoms with van der Waals surface area (Å²) in [5, 5.41) is 0.301. The minimum atomic E-state index is -0.541. The summed E-state index contributed by atoms with van der Waals surface area (Å²) in [5.41, 5.74) is 1.61. The fraction of sp³-hybridized carbons (Fsp3) is 0.176. The molecule has 25 heavy (non-hydrogen) atoms. The number of halogens is 1. The molecule has 2 aliphatic rings. The van der Waals surface area contributed by atoms with E-state index < -0.39 is 11.8 Å².